The number of rotatable bonds is 5. The second-order valence-electron chi connectivity index (χ2n) is 8.29. The first-order valence-corrected chi connectivity index (χ1v) is 10.7. The Labute approximate surface area is 192 Å². The summed E-state index contributed by atoms with van der Waals surface area (Å²) in [6.45, 7) is 1.77. The molecule has 0 spiro atoms. The number of benzene rings is 2. The Balaban J connectivity index is 1.78. The average molecular weight is 451 g/mol. The molecule has 2 aromatic rings. The van der Waals surface area contributed by atoms with Crippen LogP contribution in [0.15, 0.2) is 58.7 Å². The molecule has 0 radical (unpaired) electrons. The molecule has 0 aromatic heterocycles. The van der Waals surface area contributed by atoms with Crippen LogP contribution in [0.5, 0.6) is 11.5 Å². The molecule has 172 valence electrons. The summed E-state index contributed by atoms with van der Waals surface area (Å²) in [5.74, 6) is -1.09. The number of hydrogen-bond acceptors (Lipinski definition) is 6. The highest BCUT2D eigenvalue weighted by atomic mass is 19.1. The first kappa shape index (κ1) is 22.7. The lowest BCUT2D eigenvalue weighted by Crippen LogP contribution is -2.37. The van der Waals surface area contributed by atoms with E-state index in [9.17, 15) is 14.0 Å². The van der Waals surface area contributed by atoms with E-state index in [4.69, 9.17) is 19.2 Å². The van der Waals surface area contributed by atoms with Gasteiger partial charge in [0.05, 0.1) is 21.3 Å². The monoisotopic (exact) mass is 451 g/mol. The van der Waals surface area contributed by atoms with Crippen LogP contribution < -0.4 is 9.47 Å². The lowest BCUT2D eigenvalue weighted by Gasteiger charge is -2.36. The number of carbonyl (C=O) groups is 2. The minimum absolute atomic E-state index is 0.0736. The van der Waals surface area contributed by atoms with E-state index in [0.717, 1.165) is 5.56 Å². The molecule has 7 heteroatoms. The van der Waals surface area contributed by atoms with Crippen molar-refractivity contribution in [2.24, 2.45) is 10.9 Å². The third-order valence-electron chi connectivity index (χ3n) is 6.45. The largest absolute Gasteiger partial charge is 0.493 e. The summed E-state index contributed by atoms with van der Waals surface area (Å²) in [5.41, 5.74) is 3.40. The number of methoxy groups -OCH3 is 3. The molecular formula is C26H26FNO5. The number of hydrogen-bond donors (Lipinski definition) is 0. The van der Waals surface area contributed by atoms with Crippen LogP contribution in [0.25, 0.3) is 0 Å². The molecule has 1 heterocycles. The summed E-state index contributed by atoms with van der Waals surface area (Å²) >= 11 is 0. The Morgan fingerprint density at radius 2 is 1.64 bits per heavy atom. The molecule has 0 fully saturated rings. The van der Waals surface area contributed by atoms with Crippen LogP contribution in [0.4, 0.5) is 4.39 Å². The van der Waals surface area contributed by atoms with E-state index in [1.54, 1.807) is 33.3 Å². The summed E-state index contributed by atoms with van der Waals surface area (Å²) in [7, 11) is 4.46. The smallest absolute Gasteiger partial charge is 0.315 e. The van der Waals surface area contributed by atoms with Gasteiger partial charge in [-0.3, -0.25) is 14.6 Å². The maximum absolute atomic E-state index is 13.6. The number of Topliss-reactive ketones (excluding diaryl/α,β-unsaturated/α-hetero) is 1. The highest BCUT2D eigenvalue weighted by Crippen LogP contribution is 2.47. The number of halogens is 1. The molecule has 0 N–H and O–H groups in total. The summed E-state index contributed by atoms with van der Waals surface area (Å²) in [6, 6.07) is 11.6. The normalized spacial score (nSPS) is 22.4. The number of ether oxygens (including phenoxy) is 3. The van der Waals surface area contributed by atoms with Crippen LogP contribution in [0.1, 0.15) is 42.7 Å². The number of allylic oxidation sites excluding steroid dienone is 2. The fourth-order valence-electron chi connectivity index (χ4n) is 4.86. The molecule has 4 rings (SSSR count). The van der Waals surface area contributed by atoms with E-state index in [2.05, 4.69) is 0 Å². The van der Waals surface area contributed by atoms with Crippen molar-refractivity contribution in [1.82, 2.24) is 0 Å². The molecule has 3 unspecified atom stereocenters. The molecular weight excluding hydrogens is 425 g/mol. The van der Waals surface area contributed by atoms with Crippen molar-refractivity contribution in [2.45, 2.75) is 31.6 Å². The zero-order chi connectivity index (χ0) is 23.7. The van der Waals surface area contributed by atoms with Gasteiger partial charge in [-0.2, -0.15) is 0 Å². The van der Waals surface area contributed by atoms with Crippen molar-refractivity contribution in [3.63, 3.8) is 0 Å². The molecule has 1 aliphatic heterocycles. The van der Waals surface area contributed by atoms with Gasteiger partial charge in [0, 0.05) is 29.3 Å². The van der Waals surface area contributed by atoms with E-state index in [1.807, 2.05) is 18.2 Å². The van der Waals surface area contributed by atoms with Crippen LogP contribution in [0, 0.1) is 11.7 Å². The standard InChI is InChI=1S/C26H26FNO5/c1-14-23(26(30)33-4)24(15-5-8-18(27)9-6-15)25-19(28-14)11-17(12-20(25)29)16-7-10-21(31-2)22(13-16)32-3/h5-10,13,17,23-24H,11-12H2,1-4H3. The Morgan fingerprint density at radius 3 is 2.27 bits per heavy atom. The maximum Gasteiger partial charge on any atom is 0.315 e. The third-order valence-corrected chi connectivity index (χ3v) is 6.45. The molecule has 0 bridgehead atoms. The second-order valence-corrected chi connectivity index (χ2v) is 8.29. The van der Waals surface area contributed by atoms with Crippen molar-refractivity contribution < 1.29 is 28.2 Å². The van der Waals surface area contributed by atoms with Gasteiger partial charge < -0.3 is 14.2 Å². The van der Waals surface area contributed by atoms with E-state index < -0.39 is 17.8 Å². The van der Waals surface area contributed by atoms with Gasteiger partial charge in [-0.25, -0.2) is 4.39 Å². The van der Waals surface area contributed by atoms with Gasteiger partial charge in [-0.1, -0.05) is 18.2 Å². The SMILES string of the molecule is COC(=O)C1C(C)=NC2=C(C(=O)CC(c3ccc(OC)c(OC)c3)C2)C1c1ccc(F)cc1. The van der Waals surface area contributed by atoms with Gasteiger partial charge in [-0.15, -0.1) is 0 Å². The lowest BCUT2D eigenvalue weighted by molar-refractivity contribution is -0.143. The van der Waals surface area contributed by atoms with Gasteiger partial charge in [0.2, 0.25) is 0 Å². The fraction of sp³-hybridized carbons (Fsp3) is 0.346. The first-order chi connectivity index (χ1) is 15.9. The predicted octanol–water partition coefficient (Wildman–Crippen LogP) is 4.59. The van der Waals surface area contributed by atoms with E-state index >= 15 is 0 Å². The summed E-state index contributed by atoms with van der Waals surface area (Å²) in [4.78, 5) is 30.9. The second kappa shape index (κ2) is 9.17. The average Bonchev–Trinajstić information content (AvgIpc) is 2.82. The molecule has 6 nitrogen and oxygen atoms in total. The number of esters is 1. The van der Waals surface area contributed by atoms with Crippen LogP contribution in [-0.4, -0.2) is 38.8 Å². The minimum atomic E-state index is -0.735. The quantitative estimate of drug-likeness (QED) is 0.622. The van der Waals surface area contributed by atoms with Crippen molar-refractivity contribution >= 4 is 17.5 Å². The van der Waals surface area contributed by atoms with Gasteiger partial charge >= 0.3 is 5.97 Å². The van der Waals surface area contributed by atoms with Crippen molar-refractivity contribution in [3.8, 4) is 11.5 Å². The van der Waals surface area contributed by atoms with Crippen molar-refractivity contribution in [3.05, 3.63) is 70.7 Å². The molecule has 0 saturated carbocycles. The molecule has 3 atom stereocenters. The highest BCUT2D eigenvalue weighted by molar-refractivity contribution is 6.09. The Morgan fingerprint density at radius 1 is 0.970 bits per heavy atom. The molecule has 0 saturated heterocycles. The third kappa shape index (κ3) is 4.15. The van der Waals surface area contributed by atoms with Crippen LogP contribution in [0.3, 0.4) is 0 Å². The van der Waals surface area contributed by atoms with Crippen LogP contribution in [0.2, 0.25) is 0 Å². The number of carbonyl (C=O) groups excluding carboxylic acids is 2. The lowest BCUT2D eigenvalue weighted by atomic mass is 9.69. The van der Waals surface area contributed by atoms with Gasteiger partial charge in [0.25, 0.3) is 0 Å². The predicted molar refractivity (Wildman–Crippen MR) is 121 cm³/mol. The van der Waals surface area contributed by atoms with Crippen molar-refractivity contribution in [1.29, 1.82) is 0 Å². The van der Waals surface area contributed by atoms with Gasteiger partial charge in [0.15, 0.2) is 17.3 Å². The molecule has 1 aliphatic carbocycles. The topological polar surface area (TPSA) is 74.2 Å². The molecule has 2 aromatic carbocycles. The Bertz CT molecular complexity index is 1150. The first-order valence-electron chi connectivity index (χ1n) is 10.7. The van der Waals surface area contributed by atoms with Crippen LogP contribution >= 0.6 is 0 Å². The fourth-order valence-corrected chi connectivity index (χ4v) is 4.86. The van der Waals surface area contributed by atoms with Crippen molar-refractivity contribution in [2.75, 3.05) is 21.3 Å². The summed E-state index contributed by atoms with van der Waals surface area (Å²) in [5, 5.41) is 0. The molecule has 33 heavy (non-hydrogen) atoms. The zero-order valence-electron chi connectivity index (χ0n) is 19.1. The zero-order valence-corrected chi connectivity index (χ0v) is 19.1. The minimum Gasteiger partial charge on any atom is -0.493 e. The van der Waals surface area contributed by atoms with E-state index in [0.29, 0.717) is 40.5 Å². The number of nitrogens with zero attached hydrogens (tertiary/aromatic N) is 1. The summed E-state index contributed by atoms with van der Waals surface area (Å²) in [6.07, 6.45) is 0.813. The van der Waals surface area contributed by atoms with E-state index in [-0.39, 0.29) is 23.9 Å². The molecule has 0 amide bonds. The van der Waals surface area contributed by atoms with Crippen LogP contribution in [-0.2, 0) is 14.3 Å². The molecule has 2 aliphatic rings. The van der Waals surface area contributed by atoms with E-state index in [1.165, 1.54) is 19.2 Å². The maximum atomic E-state index is 13.6. The van der Waals surface area contributed by atoms with Gasteiger partial charge in [0.1, 0.15) is 11.7 Å². The number of ketones is 1. The van der Waals surface area contributed by atoms with Gasteiger partial charge in [-0.05, 0) is 54.7 Å². The highest BCUT2D eigenvalue weighted by Gasteiger charge is 2.44. The Kier molecular flexibility index (Phi) is 6.31. The Hall–Kier alpha value is -3.48. The summed E-state index contributed by atoms with van der Waals surface area (Å²) < 4.78 is 29.4. The number of aliphatic imine (C=N–C) groups is 1.